The number of benzene rings is 1. The Morgan fingerprint density at radius 1 is 1.16 bits per heavy atom. The largest absolute Gasteiger partial charge is 0.378 e. The normalized spacial score (nSPS) is 14.5. The number of nitrogens with one attached hydrogen (secondary N) is 1. The molecule has 0 radical (unpaired) electrons. The smallest absolute Gasteiger partial charge is 0.274 e. The van der Waals surface area contributed by atoms with E-state index in [1.54, 1.807) is 7.05 Å². The van der Waals surface area contributed by atoms with Crippen molar-refractivity contribution in [1.29, 1.82) is 0 Å². The number of carbonyl (C=O) groups is 2. The number of hydrogen-bond donors (Lipinski definition) is 1. The van der Waals surface area contributed by atoms with Crippen LogP contribution < -0.4 is 10.2 Å². The predicted octanol–water partition coefficient (Wildman–Crippen LogP) is 3.31. The fraction of sp³-hybridized carbons (Fsp3) is 0.542. The van der Waals surface area contributed by atoms with Crippen LogP contribution >= 0.6 is 0 Å². The Bertz CT molecular complexity index is 938. The average molecular weight is 442 g/mol. The molecule has 1 aromatic carbocycles. The molecule has 0 spiro atoms. The van der Waals surface area contributed by atoms with Crippen molar-refractivity contribution in [2.24, 2.45) is 0 Å². The van der Waals surface area contributed by atoms with Gasteiger partial charge in [-0.15, -0.1) is 0 Å². The third-order valence-electron chi connectivity index (χ3n) is 5.44. The van der Waals surface area contributed by atoms with E-state index < -0.39 is 0 Å². The minimum absolute atomic E-state index is 0.0521. The Kier molecular flexibility index (Phi) is 7.23. The molecule has 174 valence electrons. The molecule has 1 N–H and O–H groups in total. The molecule has 1 aliphatic heterocycles. The van der Waals surface area contributed by atoms with Crippen molar-refractivity contribution in [3.63, 3.8) is 0 Å². The molecule has 3 rings (SSSR count). The molecule has 1 aromatic heterocycles. The fourth-order valence-corrected chi connectivity index (χ4v) is 3.71. The summed E-state index contributed by atoms with van der Waals surface area (Å²) in [6.45, 7) is 13.5. The van der Waals surface area contributed by atoms with Crippen molar-refractivity contribution in [2.45, 2.75) is 46.1 Å². The zero-order valence-corrected chi connectivity index (χ0v) is 20.0. The van der Waals surface area contributed by atoms with Gasteiger partial charge < -0.3 is 19.9 Å². The second-order valence-electron chi connectivity index (χ2n) is 9.55. The number of ether oxygens (including phenoxy) is 1. The van der Waals surface area contributed by atoms with E-state index in [0.29, 0.717) is 11.4 Å². The second-order valence-corrected chi connectivity index (χ2v) is 9.55. The van der Waals surface area contributed by atoms with Crippen LogP contribution in [0.4, 0.5) is 11.4 Å². The summed E-state index contributed by atoms with van der Waals surface area (Å²) in [7, 11) is 1.62. The highest BCUT2D eigenvalue weighted by Crippen LogP contribution is 2.24. The Balaban J connectivity index is 1.61. The molecule has 2 aromatic rings. The lowest BCUT2D eigenvalue weighted by Gasteiger charge is -2.28. The van der Waals surface area contributed by atoms with Crippen molar-refractivity contribution in [2.75, 3.05) is 50.1 Å². The number of carbonyl (C=O) groups excluding carboxylic acids is 2. The number of likely N-dealkylation sites (N-methyl/N-ethyl adjacent to an activating group) is 1. The van der Waals surface area contributed by atoms with Gasteiger partial charge in [0.2, 0.25) is 5.91 Å². The third-order valence-corrected chi connectivity index (χ3v) is 5.44. The van der Waals surface area contributed by atoms with E-state index in [4.69, 9.17) is 4.74 Å². The number of anilines is 2. The van der Waals surface area contributed by atoms with Gasteiger partial charge in [0.25, 0.3) is 5.91 Å². The molecular formula is C24H35N5O3. The van der Waals surface area contributed by atoms with Crippen LogP contribution in [0.3, 0.4) is 0 Å². The van der Waals surface area contributed by atoms with E-state index in [1.165, 1.54) is 4.90 Å². The SMILES string of the molecule is CC(C)c1cc(C(=O)N(C)CC(=O)Nc2ccc(N3CCOCC3)cc2)nn1C(C)(C)C. The highest BCUT2D eigenvalue weighted by atomic mass is 16.5. The van der Waals surface area contributed by atoms with Gasteiger partial charge in [0.15, 0.2) is 5.69 Å². The maximum absolute atomic E-state index is 12.9. The van der Waals surface area contributed by atoms with Crippen LogP contribution in [0.5, 0.6) is 0 Å². The van der Waals surface area contributed by atoms with E-state index in [2.05, 4.69) is 49.9 Å². The summed E-state index contributed by atoms with van der Waals surface area (Å²) in [5.41, 5.74) is 2.93. The molecule has 1 aliphatic rings. The van der Waals surface area contributed by atoms with E-state index >= 15 is 0 Å². The summed E-state index contributed by atoms with van der Waals surface area (Å²) < 4.78 is 7.28. The quantitative estimate of drug-likeness (QED) is 0.744. The molecule has 1 fully saturated rings. The lowest BCUT2D eigenvalue weighted by atomic mass is 10.1. The summed E-state index contributed by atoms with van der Waals surface area (Å²) in [5, 5.41) is 7.42. The number of amides is 2. The molecular weight excluding hydrogens is 406 g/mol. The first-order chi connectivity index (χ1) is 15.1. The lowest BCUT2D eigenvalue weighted by molar-refractivity contribution is -0.116. The molecule has 0 atom stereocenters. The molecule has 8 heteroatoms. The Morgan fingerprint density at radius 3 is 2.31 bits per heavy atom. The highest BCUT2D eigenvalue weighted by molar-refractivity contribution is 5.98. The first-order valence-corrected chi connectivity index (χ1v) is 11.1. The van der Waals surface area contributed by atoms with Crippen LogP contribution in [0, 0.1) is 0 Å². The number of nitrogens with zero attached hydrogens (tertiary/aromatic N) is 4. The first kappa shape index (κ1) is 23.8. The monoisotopic (exact) mass is 441 g/mol. The van der Waals surface area contributed by atoms with Crippen LogP contribution in [-0.4, -0.2) is 66.4 Å². The average Bonchev–Trinajstić information content (AvgIpc) is 3.21. The van der Waals surface area contributed by atoms with Crippen molar-refractivity contribution >= 4 is 23.2 Å². The fourth-order valence-electron chi connectivity index (χ4n) is 3.71. The molecule has 2 amide bonds. The van der Waals surface area contributed by atoms with Gasteiger partial charge in [-0.1, -0.05) is 13.8 Å². The minimum Gasteiger partial charge on any atom is -0.378 e. The van der Waals surface area contributed by atoms with Gasteiger partial charge >= 0.3 is 0 Å². The molecule has 1 saturated heterocycles. The van der Waals surface area contributed by atoms with E-state index in [-0.39, 0.29) is 29.8 Å². The van der Waals surface area contributed by atoms with Gasteiger partial charge in [-0.05, 0) is 57.0 Å². The Hall–Kier alpha value is -2.87. The van der Waals surface area contributed by atoms with Crippen molar-refractivity contribution < 1.29 is 14.3 Å². The first-order valence-electron chi connectivity index (χ1n) is 11.1. The van der Waals surface area contributed by atoms with Crippen molar-refractivity contribution in [3.05, 3.63) is 41.7 Å². The highest BCUT2D eigenvalue weighted by Gasteiger charge is 2.25. The third kappa shape index (κ3) is 5.68. The molecule has 0 bridgehead atoms. The van der Waals surface area contributed by atoms with Gasteiger partial charge in [0, 0.05) is 37.2 Å². The van der Waals surface area contributed by atoms with Crippen LogP contribution in [0.2, 0.25) is 0 Å². The van der Waals surface area contributed by atoms with E-state index in [1.807, 2.05) is 35.0 Å². The number of hydrogen-bond acceptors (Lipinski definition) is 5. The van der Waals surface area contributed by atoms with E-state index in [9.17, 15) is 9.59 Å². The van der Waals surface area contributed by atoms with Crippen LogP contribution in [0.15, 0.2) is 30.3 Å². The topological polar surface area (TPSA) is 79.7 Å². The summed E-state index contributed by atoms with van der Waals surface area (Å²) >= 11 is 0. The van der Waals surface area contributed by atoms with E-state index in [0.717, 1.165) is 37.7 Å². The van der Waals surface area contributed by atoms with Crippen LogP contribution in [-0.2, 0) is 15.1 Å². The Labute approximate surface area is 190 Å². The van der Waals surface area contributed by atoms with Crippen LogP contribution in [0.1, 0.15) is 56.7 Å². The molecule has 0 saturated carbocycles. The molecule has 8 nitrogen and oxygen atoms in total. The molecule has 2 heterocycles. The number of morpholine rings is 1. The minimum atomic E-state index is -0.271. The maximum Gasteiger partial charge on any atom is 0.274 e. The number of aromatic nitrogens is 2. The summed E-state index contributed by atoms with van der Waals surface area (Å²) in [5.74, 6) is -0.288. The summed E-state index contributed by atoms with van der Waals surface area (Å²) in [6, 6.07) is 9.57. The lowest BCUT2D eigenvalue weighted by Crippen LogP contribution is -2.36. The number of rotatable bonds is 6. The zero-order chi connectivity index (χ0) is 23.5. The summed E-state index contributed by atoms with van der Waals surface area (Å²) in [4.78, 5) is 29.1. The zero-order valence-electron chi connectivity index (χ0n) is 20.0. The maximum atomic E-state index is 12.9. The van der Waals surface area contributed by atoms with Gasteiger partial charge in [0.05, 0.1) is 25.3 Å². The van der Waals surface area contributed by atoms with Gasteiger partial charge in [-0.25, -0.2) is 0 Å². The molecule has 32 heavy (non-hydrogen) atoms. The molecule has 0 unspecified atom stereocenters. The van der Waals surface area contributed by atoms with Crippen LogP contribution in [0.25, 0.3) is 0 Å². The Morgan fingerprint density at radius 2 is 1.78 bits per heavy atom. The van der Waals surface area contributed by atoms with Crippen molar-refractivity contribution in [3.8, 4) is 0 Å². The van der Waals surface area contributed by atoms with Crippen molar-refractivity contribution in [1.82, 2.24) is 14.7 Å². The predicted molar refractivity (Wildman–Crippen MR) is 126 cm³/mol. The molecule has 0 aliphatic carbocycles. The standard InChI is InChI=1S/C24H35N5O3/c1-17(2)21-15-20(26-29(21)24(3,4)5)23(31)27(6)16-22(30)25-18-7-9-19(10-8-18)28-11-13-32-14-12-28/h7-10,15,17H,11-14,16H2,1-6H3,(H,25,30). The second kappa shape index (κ2) is 9.73. The van der Waals surface area contributed by atoms with Gasteiger partial charge in [-0.2, -0.15) is 5.10 Å². The van der Waals surface area contributed by atoms with Gasteiger partial charge in [-0.3, -0.25) is 14.3 Å². The summed E-state index contributed by atoms with van der Waals surface area (Å²) in [6.07, 6.45) is 0. The van der Waals surface area contributed by atoms with Gasteiger partial charge in [0.1, 0.15) is 0 Å².